The van der Waals surface area contributed by atoms with Gasteiger partial charge in [0, 0.05) is 10.3 Å². The molecule has 0 radical (unpaired) electrons. The zero-order valence-corrected chi connectivity index (χ0v) is 10.5. The van der Waals surface area contributed by atoms with Gasteiger partial charge in [0.05, 0.1) is 16.1 Å². The van der Waals surface area contributed by atoms with Crippen LogP contribution in [0.2, 0.25) is 0 Å². The minimum absolute atomic E-state index is 0.165. The van der Waals surface area contributed by atoms with Crippen LogP contribution in [0.15, 0.2) is 30.3 Å². The topological polar surface area (TPSA) is 15.8 Å². The van der Waals surface area contributed by atoms with Crippen LogP contribution in [0.25, 0.3) is 21.5 Å². The number of fused-ring (bicyclic) bond motifs is 1. The van der Waals surface area contributed by atoms with Gasteiger partial charge in [-0.15, -0.1) is 11.3 Å². The third-order valence-corrected chi connectivity index (χ3v) is 3.99. The minimum atomic E-state index is -0.165. The second-order valence-electron chi connectivity index (χ2n) is 4.25. The fourth-order valence-corrected chi connectivity index (χ4v) is 2.88. The number of thiophene rings is 1. The van der Waals surface area contributed by atoms with Crippen LogP contribution in [0.5, 0.6) is 0 Å². The lowest BCUT2D eigenvalue weighted by atomic mass is 10.1. The van der Waals surface area contributed by atoms with E-state index in [2.05, 4.69) is 24.0 Å². The first-order valence-corrected chi connectivity index (χ1v) is 6.31. The summed E-state index contributed by atoms with van der Waals surface area (Å²) in [5, 5.41) is 0.672. The van der Waals surface area contributed by atoms with Crippen LogP contribution < -0.4 is 0 Å². The fourth-order valence-electron chi connectivity index (χ4n) is 2.04. The number of halogens is 1. The summed E-state index contributed by atoms with van der Waals surface area (Å²) in [6.07, 6.45) is 0. The molecule has 86 valence electrons. The summed E-state index contributed by atoms with van der Waals surface area (Å²) in [7, 11) is 0. The Kier molecular flexibility index (Phi) is 2.30. The molecule has 0 spiro atoms. The first-order chi connectivity index (χ1) is 8.15. The largest absolute Gasteiger partial charge is 0.354 e. The average Bonchev–Trinajstić information content (AvgIpc) is 2.90. The second-order valence-corrected chi connectivity index (χ2v) is 5.53. The molecule has 0 aliphatic heterocycles. The Morgan fingerprint density at radius 3 is 2.59 bits per heavy atom. The van der Waals surface area contributed by atoms with Crippen molar-refractivity contribution < 1.29 is 4.39 Å². The maximum atomic E-state index is 13.7. The highest BCUT2D eigenvalue weighted by Crippen LogP contribution is 2.31. The summed E-state index contributed by atoms with van der Waals surface area (Å²) in [4.78, 5) is 5.72. The summed E-state index contributed by atoms with van der Waals surface area (Å²) in [5.41, 5.74) is 2.96. The Balaban J connectivity index is 2.26. The van der Waals surface area contributed by atoms with Crippen molar-refractivity contribution >= 4 is 22.2 Å². The van der Waals surface area contributed by atoms with E-state index >= 15 is 0 Å². The van der Waals surface area contributed by atoms with Gasteiger partial charge in [0.1, 0.15) is 5.82 Å². The van der Waals surface area contributed by atoms with E-state index in [4.69, 9.17) is 0 Å². The van der Waals surface area contributed by atoms with E-state index < -0.39 is 0 Å². The highest BCUT2D eigenvalue weighted by atomic mass is 32.1. The predicted molar refractivity (Wildman–Crippen MR) is 71.0 cm³/mol. The molecular formula is C14H12FNS. The van der Waals surface area contributed by atoms with Crippen LogP contribution >= 0.6 is 11.3 Å². The van der Waals surface area contributed by atoms with Gasteiger partial charge < -0.3 is 4.98 Å². The number of aromatic nitrogens is 1. The molecule has 0 saturated carbocycles. The van der Waals surface area contributed by atoms with Gasteiger partial charge in [-0.1, -0.05) is 6.07 Å². The summed E-state index contributed by atoms with van der Waals surface area (Å²) in [5.74, 6) is -0.165. The Bertz CT molecular complexity index is 654. The van der Waals surface area contributed by atoms with Crippen molar-refractivity contribution in [2.75, 3.05) is 0 Å². The molecule has 0 amide bonds. The third kappa shape index (κ3) is 1.67. The van der Waals surface area contributed by atoms with Crippen molar-refractivity contribution in [1.29, 1.82) is 0 Å². The molecule has 3 heteroatoms. The number of hydrogen-bond donors (Lipinski definition) is 1. The van der Waals surface area contributed by atoms with Gasteiger partial charge in [-0.2, -0.15) is 0 Å². The van der Waals surface area contributed by atoms with Gasteiger partial charge in [0.15, 0.2) is 0 Å². The van der Waals surface area contributed by atoms with Crippen molar-refractivity contribution in [3.05, 3.63) is 46.6 Å². The molecular weight excluding hydrogens is 233 g/mol. The van der Waals surface area contributed by atoms with Gasteiger partial charge >= 0.3 is 0 Å². The molecule has 3 aromatic rings. The SMILES string of the molecule is Cc1ccc(-c2cc3c(F)ccc(C)c3[nH]2)s1. The van der Waals surface area contributed by atoms with E-state index in [1.165, 1.54) is 10.9 Å². The third-order valence-electron chi connectivity index (χ3n) is 2.95. The second kappa shape index (κ2) is 3.70. The lowest BCUT2D eigenvalue weighted by Gasteiger charge is -1.95. The first-order valence-electron chi connectivity index (χ1n) is 5.50. The van der Waals surface area contributed by atoms with E-state index in [0.29, 0.717) is 5.39 Å². The van der Waals surface area contributed by atoms with Crippen LogP contribution in [0.1, 0.15) is 10.4 Å². The zero-order chi connectivity index (χ0) is 12.0. The van der Waals surface area contributed by atoms with Gasteiger partial charge in [-0.05, 0) is 43.7 Å². The number of aromatic amines is 1. The minimum Gasteiger partial charge on any atom is -0.354 e. The van der Waals surface area contributed by atoms with Crippen LogP contribution in [-0.2, 0) is 0 Å². The van der Waals surface area contributed by atoms with Crippen LogP contribution in [0.4, 0.5) is 4.39 Å². The van der Waals surface area contributed by atoms with Crippen molar-refractivity contribution in [3.63, 3.8) is 0 Å². The maximum Gasteiger partial charge on any atom is 0.132 e. The number of H-pyrrole nitrogens is 1. The van der Waals surface area contributed by atoms with Crippen molar-refractivity contribution in [2.24, 2.45) is 0 Å². The number of benzene rings is 1. The Hall–Kier alpha value is -1.61. The summed E-state index contributed by atoms with van der Waals surface area (Å²) in [6, 6.07) is 9.36. The lowest BCUT2D eigenvalue weighted by Crippen LogP contribution is -1.79. The molecule has 2 heterocycles. The van der Waals surface area contributed by atoms with E-state index in [0.717, 1.165) is 21.7 Å². The Morgan fingerprint density at radius 1 is 1.12 bits per heavy atom. The van der Waals surface area contributed by atoms with Gasteiger partial charge in [-0.25, -0.2) is 4.39 Å². The molecule has 17 heavy (non-hydrogen) atoms. The molecule has 0 atom stereocenters. The molecule has 2 aromatic heterocycles. The van der Waals surface area contributed by atoms with Gasteiger partial charge in [-0.3, -0.25) is 0 Å². The molecule has 0 aliphatic rings. The molecule has 1 N–H and O–H groups in total. The molecule has 1 aromatic carbocycles. The summed E-state index contributed by atoms with van der Waals surface area (Å²) >= 11 is 1.71. The van der Waals surface area contributed by atoms with E-state index in [1.54, 1.807) is 17.4 Å². The number of aryl methyl sites for hydroxylation is 2. The van der Waals surface area contributed by atoms with E-state index in [-0.39, 0.29) is 5.82 Å². The Labute approximate surface area is 103 Å². The normalized spacial score (nSPS) is 11.2. The van der Waals surface area contributed by atoms with Crippen molar-refractivity contribution in [3.8, 4) is 10.6 Å². The quantitative estimate of drug-likeness (QED) is 0.642. The predicted octanol–water partition coefficient (Wildman–Crippen LogP) is 4.65. The smallest absolute Gasteiger partial charge is 0.132 e. The van der Waals surface area contributed by atoms with Gasteiger partial charge in [0.2, 0.25) is 0 Å². The van der Waals surface area contributed by atoms with Crippen molar-refractivity contribution in [2.45, 2.75) is 13.8 Å². The fraction of sp³-hybridized carbons (Fsp3) is 0.143. The highest BCUT2D eigenvalue weighted by molar-refractivity contribution is 7.15. The maximum absolute atomic E-state index is 13.7. The number of nitrogens with one attached hydrogen (secondary N) is 1. The van der Waals surface area contributed by atoms with Crippen LogP contribution in [0.3, 0.4) is 0 Å². The molecule has 1 nitrogen and oxygen atoms in total. The van der Waals surface area contributed by atoms with Crippen LogP contribution in [-0.4, -0.2) is 4.98 Å². The van der Waals surface area contributed by atoms with Crippen LogP contribution in [0, 0.1) is 19.7 Å². The monoisotopic (exact) mass is 245 g/mol. The Morgan fingerprint density at radius 2 is 1.94 bits per heavy atom. The summed E-state index contributed by atoms with van der Waals surface area (Å²) < 4.78 is 13.7. The molecule has 3 rings (SSSR count). The number of rotatable bonds is 1. The lowest BCUT2D eigenvalue weighted by molar-refractivity contribution is 0.640. The zero-order valence-electron chi connectivity index (χ0n) is 9.67. The summed E-state index contributed by atoms with van der Waals surface area (Å²) in [6.45, 7) is 4.06. The van der Waals surface area contributed by atoms with E-state index in [9.17, 15) is 4.39 Å². The standard InChI is InChI=1S/C14H12FNS/c1-8-3-5-11(15)10-7-12(16-14(8)10)13-6-4-9(2)17-13/h3-7,16H,1-2H3. The number of hydrogen-bond acceptors (Lipinski definition) is 1. The van der Waals surface area contributed by atoms with Gasteiger partial charge in [0.25, 0.3) is 0 Å². The molecule has 0 aliphatic carbocycles. The van der Waals surface area contributed by atoms with Crippen molar-refractivity contribution in [1.82, 2.24) is 4.98 Å². The molecule has 0 bridgehead atoms. The van der Waals surface area contributed by atoms with E-state index in [1.807, 2.05) is 13.0 Å². The molecule has 0 saturated heterocycles. The highest BCUT2D eigenvalue weighted by Gasteiger charge is 2.10. The average molecular weight is 245 g/mol. The molecule has 0 unspecified atom stereocenters. The first kappa shape index (κ1) is 10.5. The molecule has 0 fully saturated rings.